The van der Waals surface area contributed by atoms with E-state index in [1.165, 1.54) is 0 Å². The first-order valence-corrected chi connectivity index (χ1v) is 6.79. The maximum Gasteiger partial charge on any atom is 0.198 e. The molecule has 100 valence electrons. The molecule has 0 fully saturated rings. The van der Waals surface area contributed by atoms with Gasteiger partial charge in [0.2, 0.25) is 0 Å². The molecule has 1 atom stereocenters. The average Bonchev–Trinajstić information content (AvgIpc) is 2.97. The molecule has 1 aromatic carbocycles. The molecule has 4 nitrogen and oxygen atoms in total. The zero-order valence-electron chi connectivity index (χ0n) is 11.7. The molecule has 3 rings (SSSR count). The van der Waals surface area contributed by atoms with Gasteiger partial charge in [0, 0.05) is 24.0 Å². The maximum absolute atomic E-state index is 5.81. The minimum absolute atomic E-state index is 0.280. The third-order valence-corrected chi connectivity index (χ3v) is 3.46. The van der Waals surface area contributed by atoms with Crippen LogP contribution in [0.2, 0.25) is 0 Å². The van der Waals surface area contributed by atoms with Crippen molar-refractivity contribution in [2.45, 2.75) is 46.0 Å². The van der Waals surface area contributed by atoms with E-state index in [0.717, 1.165) is 40.4 Å². The molecule has 0 saturated heterocycles. The van der Waals surface area contributed by atoms with Gasteiger partial charge in [0.25, 0.3) is 0 Å². The molecule has 4 heteroatoms. The van der Waals surface area contributed by atoms with Gasteiger partial charge in [0.15, 0.2) is 22.9 Å². The largest absolute Gasteiger partial charge is 0.440 e. The molecule has 0 radical (unpaired) electrons. The number of aromatic nitrogens is 2. The Labute approximate surface area is 111 Å². The Hall–Kier alpha value is -1.84. The Morgan fingerprint density at radius 1 is 0.947 bits per heavy atom. The molecule has 2 aromatic heterocycles. The zero-order valence-corrected chi connectivity index (χ0v) is 11.7. The SMILES string of the molecule is CCC(C)c1nc2cc3oc(C(C)C)nc3cc2o1. The van der Waals surface area contributed by atoms with Crippen molar-refractivity contribution >= 4 is 22.2 Å². The van der Waals surface area contributed by atoms with E-state index in [1.807, 2.05) is 12.1 Å². The Morgan fingerprint density at radius 2 is 1.47 bits per heavy atom. The first-order chi connectivity index (χ1) is 9.08. The van der Waals surface area contributed by atoms with Crippen molar-refractivity contribution in [1.82, 2.24) is 9.97 Å². The molecule has 0 aliphatic rings. The highest BCUT2D eigenvalue weighted by atomic mass is 16.4. The van der Waals surface area contributed by atoms with E-state index < -0.39 is 0 Å². The summed E-state index contributed by atoms with van der Waals surface area (Å²) in [5, 5.41) is 0. The highest BCUT2D eigenvalue weighted by Crippen LogP contribution is 2.28. The van der Waals surface area contributed by atoms with E-state index in [9.17, 15) is 0 Å². The number of nitrogens with zero attached hydrogens (tertiary/aromatic N) is 2. The number of benzene rings is 1. The lowest BCUT2D eigenvalue weighted by Gasteiger charge is -1.99. The summed E-state index contributed by atoms with van der Waals surface area (Å²) in [6.07, 6.45) is 1.01. The van der Waals surface area contributed by atoms with Gasteiger partial charge in [-0.05, 0) is 6.42 Å². The van der Waals surface area contributed by atoms with Crippen molar-refractivity contribution in [1.29, 1.82) is 0 Å². The normalized spacial score (nSPS) is 13.7. The van der Waals surface area contributed by atoms with E-state index in [2.05, 4.69) is 37.7 Å². The van der Waals surface area contributed by atoms with Crippen LogP contribution in [0, 0.1) is 0 Å². The van der Waals surface area contributed by atoms with Gasteiger partial charge < -0.3 is 8.83 Å². The standard InChI is InChI=1S/C15H18N2O2/c1-5-9(4)15-17-11-7-12-10(6-13(11)19-15)16-14(18-12)8(2)3/h6-9H,5H2,1-4H3. The predicted molar refractivity (Wildman–Crippen MR) is 74.4 cm³/mol. The summed E-state index contributed by atoms with van der Waals surface area (Å²) in [5.74, 6) is 2.15. The molecule has 2 heterocycles. The van der Waals surface area contributed by atoms with Gasteiger partial charge in [-0.25, -0.2) is 9.97 Å². The number of hydrogen-bond donors (Lipinski definition) is 0. The first-order valence-electron chi connectivity index (χ1n) is 6.79. The molecule has 0 spiro atoms. The molecule has 0 amide bonds. The van der Waals surface area contributed by atoms with Crippen LogP contribution < -0.4 is 0 Å². The molecule has 0 aliphatic heterocycles. The maximum atomic E-state index is 5.81. The Balaban J connectivity index is 2.15. The topological polar surface area (TPSA) is 52.1 Å². The lowest BCUT2D eigenvalue weighted by molar-refractivity contribution is 0.479. The molecule has 0 aliphatic carbocycles. The molecule has 0 saturated carbocycles. The minimum atomic E-state index is 0.280. The average molecular weight is 258 g/mol. The van der Waals surface area contributed by atoms with E-state index >= 15 is 0 Å². The van der Waals surface area contributed by atoms with Crippen molar-refractivity contribution in [3.63, 3.8) is 0 Å². The van der Waals surface area contributed by atoms with Crippen LogP contribution in [0.15, 0.2) is 21.0 Å². The van der Waals surface area contributed by atoms with Crippen LogP contribution in [0.25, 0.3) is 22.2 Å². The summed E-state index contributed by atoms with van der Waals surface area (Å²) in [7, 11) is 0. The van der Waals surface area contributed by atoms with Gasteiger partial charge >= 0.3 is 0 Å². The van der Waals surface area contributed by atoms with Crippen LogP contribution in [-0.4, -0.2) is 9.97 Å². The van der Waals surface area contributed by atoms with Crippen LogP contribution in [0.5, 0.6) is 0 Å². The van der Waals surface area contributed by atoms with Gasteiger partial charge in [-0.1, -0.05) is 27.7 Å². The van der Waals surface area contributed by atoms with Gasteiger partial charge in [-0.2, -0.15) is 0 Å². The summed E-state index contributed by atoms with van der Waals surface area (Å²) >= 11 is 0. The highest BCUT2D eigenvalue weighted by molar-refractivity contribution is 5.89. The van der Waals surface area contributed by atoms with Gasteiger partial charge in [0.1, 0.15) is 11.0 Å². The second kappa shape index (κ2) is 4.37. The Bertz CT molecular complexity index is 673. The van der Waals surface area contributed by atoms with Crippen molar-refractivity contribution in [2.75, 3.05) is 0 Å². The molecular weight excluding hydrogens is 240 g/mol. The van der Waals surface area contributed by atoms with Gasteiger partial charge in [-0.3, -0.25) is 0 Å². The monoisotopic (exact) mass is 258 g/mol. The second-order valence-electron chi connectivity index (χ2n) is 5.36. The summed E-state index contributed by atoms with van der Waals surface area (Å²) < 4.78 is 11.5. The van der Waals surface area contributed by atoms with Crippen molar-refractivity contribution < 1.29 is 8.83 Å². The van der Waals surface area contributed by atoms with E-state index in [-0.39, 0.29) is 5.92 Å². The summed E-state index contributed by atoms with van der Waals surface area (Å²) in [4.78, 5) is 9.02. The van der Waals surface area contributed by atoms with Gasteiger partial charge in [0.05, 0.1) is 0 Å². The Kier molecular flexibility index (Phi) is 2.81. The van der Waals surface area contributed by atoms with Crippen molar-refractivity contribution in [3.8, 4) is 0 Å². The minimum Gasteiger partial charge on any atom is -0.440 e. The summed E-state index contributed by atoms with van der Waals surface area (Å²) in [6.45, 7) is 8.37. The molecule has 1 unspecified atom stereocenters. The van der Waals surface area contributed by atoms with E-state index in [4.69, 9.17) is 8.83 Å². The lowest BCUT2D eigenvalue weighted by Crippen LogP contribution is -1.89. The van der Waals surface area contributed by atoms with Crippen LogP contribution >= 0.6 is 0 Å². The second-order valence-corrected chi connectivity index (χ2v) is 5.36. The molecule has 0 bridgehead atoms. The Morgan fingerprint density at radius 3 is 2.00 bits per heavy atom. The summed E-state index contributed by atoms with van der Waals surface area (Å²) in [6, 6.07) is 3.83. The summed E-state index contributed by atoms with van der Waals surface area (Å²) in [5.41, 5.74) is 3.24. The van der Waals surface area contributed by atoms with E-state index in [0.29, 0.717) is 5.92 Å². The van der Waals surface area contributed by atoms with Crippen LogP contribution in [0.4, 0.5) is 0 Å². The fourth-order valence-corrected chi connectivity index (χ4v) is 2.02. The fraction of sp³-hybridized carbons (Fsp3) is 0.467. The quantitative estimate of drug-likeness (QED) is 0.688. The number of rotatable bonds is 3. The molecule has 3 aromatic rings. The number of hydrogen-bond acceptors (Lipinski definition) is 4. The smallest absolute Gasteiger partial charge is 0.198 e. The predicted octanol–water partition coefficient (Wildman–Crippen LogP) is 4.61. The zero-order chi connectivity index (χ0) is 13.6. The lowest BCUT2D eigenvalue weighted by atomic mass is 10.1. The number of oxazole rings is 2. The third-order valence-electron chi connectivity index (χ3n) is 3.46. The third kappa shape index (κ3) is 2.01. The van der Waals surface area contributed by atoms with Gasteiger partial charge in [-0.15, -0.1) is 0 Å². The molecular formula is C15H18N2O2. The van der Waals surface area contributed by atoms with Crippen LogP contribution in [0.1, 0.15) is 57.7 Å². The van der Waals surface area contributed by atoms with E-state index in [1.54, 1.807) is 0 Å². The first kappa shape index (κ1) is 12.2. The van der Waals surface area contributed by atoms with Crippen molar-refractivity contribution in [2.24, 2.45) is 0 Å². The van der Waals surface area contributed by atoms with Crippen LogP contribution in [0.3, 0.4) is 0 Å². The van der Waals surface area contributed by atoms with Crippen LogP contribution in [-0.2, 0) is 0 Å². The molecule has 19 heavy (non-hydrogen) atoms. The molecule has 0 N–H and O–H groups in total. The van der Waals surface area contributed by atoms with Crippen molar-refractivity contribution in [3.05, 3.63) is 23.9 Å². The fourth-order valence-electron chi connectivity index (χ4n) is 2.02. The number of fused-ring (bicyclic) bond motifs is 2. The highest BCUT2D eigenvalue weighted by Gasteiger charge is 2.15.